The van der Waals surface area contributed by atoms with Gasteiger partial charge in [-0.3, -0.25) is 9.59 Å². The minimum atomic E-state index is -0.403. The minimum absolute atomic E-state index is 0.00726. The highest BCUT2D eigenvalue weighted by Crippen LogP contribution is 2.31. The molecule has 0 unspecified atom stereocenters. The van der Waals surface area contributed by atoms with Gasteiger partial charge in [0.25, 0.3) is 0 Å². The molecule has 1 saturated heterocycles. The average Bonchev–Trinajstić information content (AvgIpc) is 2.58. The van der Waals surface area contributed by atoms with Crippen LogP contribution in [-0.2, 0) is 9.59 Å². The Morgan fingerprint density at radius 2 is 2.19 bits per heavy atom. The van der Waals surface area contributed by atoms with Gasteiger partial charge < -0.3 is 15.3 Å². The second-order valence-corrected chi connectivity index (χ2v) is 4.76. The molecule has 1 heterocycles. The normalized spacial score (nSPS) is 23.1. The molecule has 5 nitrogen and oxygen atoms in total. The largest absolute Gasteiger partial charge is 0.394 e. The maximum Gasteiger partial charge on any atom is 0.240 e. The van der Waals surface area contributed by atoms with Crippen LogP contribution in [0, 0.1) is 0 Å². The Bertz CT molecular complexity index is 294. The standard InChI is InChI=1S/C11H18N2O3/c14-8-11(4-2-5-11)12-9(15)7-13-6-1-3-10(13)16/h14H,1-8H2,(H,12,15). The Kier molecular flexibility index (Phi) is 3.14. The molecule has 16 heavy (non-hydrogen) atoms. The van der Waals surface area contributed by atoms with E-state index in [1.54, 1.807) is 4.90 Å². The first-order valence-corrected chi connectivity index (χ1v) is 5.85. The highest BCUT2D eigenvalue weighted by atomic mass is 16.3. The van der Waals surface area contributed by atoms with E-state index < -0.39 is 5.54 Å². The summed E-state index contributed by atoms with van der Waals surface area (Å²) in [6, 6.07) is 0. The minimum Gasteiger partial charge on any atom is -0.394 e. The highest BCUT2D eigenvalue weighted by molar-refractivity contribution is 5.86. The number of carbonyl (C=O) groups is 2. The summed E-state index contributed by atoms with van der Waals surface area (Å²) in [5, 5.41) is 12.0. The predicted molar refractivity (Wildman–Crippen MR) is 57.6 cm³/mol. The number of nitrogens with one attached hydrogen (secondary N) is 1. The molecule has 0 aromatic rings. The Hall–Kier alpha value is -1.10. The van der Waals surface area contributed by atoms with E-state index in [4.69, 9.17) is 0 Å². The van der Waals surface area contributed by atoms with Gasteiger partial charge in [-0.2, -0.15) is 0 Å². The zero-order valence-electron chi connectivity index (χ0n) is 9.37. The molecule has 1 aliphatic heterocycles. The molecule has 0 bridgehead atoms. The Labute approximate surface area is 94.8 Å². The van der Waals surface area contributed by atoms with Gasteiger partial charge in [0, 0.05) is 13.0 Å². The second kappa shape index (κ2) is 4.41. The monoisotopic (exact) mass is 226 g/mol. The van der Waals surface area contributed by atoms with E-state index in [2.05, 4.69) is 5.32 Å². The molecule has 2 amide bonds. The smallest absolute Gasteiger partial charge is 0.240 e. The van der Waals surface area contributed by atoms with E-state index in [0.717, 1.165) is 25.7 Å². The maximum atomic E-state index is 11.7. The molecule has 2 fully saturated rings. The summed E-state index contributed by atoms with van der Waals surface area (Å²) in [5.41, 5.74) is -0.403. The van der Waals surface area contributed by atoms with Gasteiger partial charge in [-0.1, -0.05) is 0 Å². The van der Waals surface area contributed by atoms with E-state index in [0.29, 0.717) is 13.0 Å². The van der Waals surface area contributed by atoms with Crippen LogP contribution in [0.3, 0.4) is 0 Å². The lowest BCUT2D eigenvalue weighted by atomic mass is 9.77. The third-order valence-electron chi connectivity index (χ3n) is 3.52. The van der Waals surface area contributed by atoms with Gasteiger partial charge in [-0.15, -0.1) is 0 Å². The van der Waals surface area contributed by atoms with E-state index >= 15 is 0 Å². The lowest BCUT2D eigenvalue weighted by Crippen LogP contribution is -2.58. The maximum absolute atomic E-state index is 11.7. The number of nitrogens with zero attached hydrogens (tertiary/aromatic N) is 1. The van der Waals surface area contributed by atoms with Crippen LogP contribution in [0.4, 0.5) is 0 Å². The van der Waals surface area contributed by atoms with Gasteiger partial charge in [0.2, 0.25) is 11.8 Å². The molecule has 90 valence electrons. The van der Waals surface area contributed by atoms with Gasteiger partial charge >= 0.3 is 0 Å². The molecule has 2 aliphatic rings. The second-order valence-electron chi connectivity index (χ2n) is 4.76. The summed E-state index contributed by atoms with van der Waals surface area (Å²) in [6.07, 6.45) is 4.12. The van der Waals surface area contributed by atoms with Crippen molar-refractivity contribution >= 4 is 11.8 Å². The summed E-state index contributed by atoms with van der Waals surface area (Å²) >= 11 is 0. The Balaban J connectivity index is 1.82. The van der Waals surface area contributed by atoms with Crippen LogP contribution in [0.15, 0.2) is 0 Å². The van der Waals surface area contributed by atoms with Gasteiger partial charge in [0.1, 0.15) is 0 Å². The van der Waals surface area contributed by atoms with Crippen molar-refractivity contribution in [2.24, 2.45) is 0 Å². The van der Waals surface area contributed by atoms with Crippen LogP contribution < -0.4 is 5.32 Å². The van der Waals surface area contributed by atoms with Crippen molar-refractivity contribution in [3.8, 4) is 0 Å². The third kappa shape index (κ3) is 2.19. The third-order valence-corrected chi connectivity index (χ3v) is 3.52. The summed E-state index contributed by atoms with van der Waals surface area (Å²) in [6.45, 7) is 0.811. The van der Waals surface area contributed by atoms with Crippen molar-refractivity contribution in [2.45, 2.75) is 37.6 Å². The number of likely N-dealkylation sites (tertiary alicyclic amines) is 1. The van der Waals surface area contributed by atoms with Gasteiger partial charge in [0.05, 0.1) is 18.7 Å². The topological polar surface area (TPSA) is 69.6 Å². The molecule has 0 radical (unpaired) electrons. The number of hydrogen-bond acceptors (Lipinski definition) is 3. The summed E-state index contributed by atoms with van der Waals surface area (Å²) < 4.78 is 0. The van der Waals surface area contributed by atoms with Crippen LogP contribution in [0.25, 0.3) is 0 Å². The van der Waals surface area contributed by atoms with E-state index in [1.807, 2.05) is 0 Å². The van der Waals surface area contributed by atoms with Crippen molar-refractivity contribution in [1.82, 2.24) is 10.2 Å². The number of hydrogen-bond donors (Lipinski definition) is 2. The highest BCUT2D eigenvalue weighted by Gasteiger charge is 2.38. The van der Waals surface area contributed by atoms with E-state index in [-0.39, 0.29) is 25.0 Å². The van der Waals surface area contributed by atoms with Crippen LogP contribution in [-0.4, -0.2) is 47.1 Å². The van der Waals surface area contributed by atoms with E-state index in [9.17, 15) is 14.7 Å². The zero-order valence-corrected chi connectivity index (χ0v) is 9.37. The lowest BCUT2D eigenvalue weighted by molar-refractivity contribution is -0.134. The first-order chi connectivity index (χ1) is 7.65. The molecule has 0 atom stereocenters. The number of rotatable bonds is 4. The molecule has 2 N–H and O–H groups in total. The lowest BCUT2D eigenvalue weighted by Gasteiger charge is -2.41. The molecule has 0 spiro atoms. The van der Waals surface area contributed by atoms with Crippen molar-refractivity contribution in [1.29, 1.82) is 0 Å². The molecule has 2 rings (SSSR count). The quantitative estimate of drug-likeness (QED) is 0.688. The van der Waals surface area contributed by atoms with Crippen LogP contribution >= 0.6 is 0 Å². The molecule has 1 aliphatic carbocycles. The first kappa shape index (κ1) is 11.4. The molecule has 1 saturated carbocycles. The zero-order chi connectivity index (χ0) is 11.6. The van der Waals surface area contributed by atoms with Crippen molar-refractivity contribution in [3.05, 3.63) is 0 Å². The average molecular weight is 226 g/mol. The number of aliphatic hydroxyl groups excluding tert-OH is 1. The fraction of sp³-hybridized carbons (Fsp3) is 0.818. The fourth-order valence-electron chi connectivity index (χ4n) is 2.31. The van der Waals surface area contributed by atoms with E-state index in [1.165, 1.54) is 0 Å². The van der Waals surface area contributed by atoms with Crippen LogP contribution in [0.1, 0.15) is 32.1 Å². The van der Waals surface area contributed by atoms with Gasteiger partial charge in [-0.25, -0.2) is 0 Å². The van der Waals surface area contributed by atoms with Gasteiger partial charge in [0.15, 0.2) is 0 Å². The molecular formula is C11H18N2O3. The first-order valence-electron chi connectivity index (χ1n) is 5.85. The van der Waals surface area contributed by atoms with Crippen molar-refractivity contribution < 1.29 is 14.7 Å². The molecule has 0 aromatic heterocycles. The predicted octanol–water partition coefficient (Wildman–Crippen LogP) is -0.360. The number of aliphatic hydroxyl groups is 1. The van der Waals surface area contributed by atoms with Crippen LogP contribution in [0.2, 0.25) is 0 Å². The van der Waals surface area contributed by atoms with Crippen molar-refractivity contribution in [3.63, 3.8) is 0 Å². The summed E-state index contributed by atoms with van der Waals surface area (Å²) in [4.78, 5) is 24.6. The van der Waals surface area contributed by atoms with Crippen molar-refractivity contribution in [2.75, 3.05) is 19.7 Å². The molecular weight excluding hydrogens is 208 g/mol. The Morgan fingerprint density at radius 1 is 1.44 bits per heavy atom. The summed E-state index contributed by atoms with van der Waals surface area (Å²) in [5.74, 6) is -0.0918. The molecule has 5 heteroatoms. The SMILES string of the molecule is O=C(CN1CCCC1=O)NC1(CO)CCC1. The number of amides is 2. The number of carbonyl (C=O) groups excluding carboxylic acids is 2. The Morgan fingerprint density at radius 3 is 2.62 bits per heavy atom. The molecule has 0 aromatic carbocycles. The van der Waals surface area contributed by atoms with Gasteiger partial charge in [-0.05, 0) is 25.7 Å². The van der Waals surface area contributed by atoms with Crippen LogP contribution in [0.5, 0.6) is 0 Å². The summed E-state index contributed by atoms with van der Waals surface area (Å²) in [7, 11) is 0. The fourth-order valence-corrected chi connectivity index (χ4v) is 2.31.